The summed E-state index contributed by atoms with van der Waals surface area (Å²) in [7, 11) is 0. The molecule has 0 bridgehead atoms. The van der Waals surface area contributed by atoms with Gasteiger partial charge >= 0.3 is 0 Å². The van der Waals surface area contributed by atoms with Crippen molar-refractivity contribution in [3.63, 3.8) is 0 Å². The van der Waals surface area contributed by atoms with Crippen molar-refractivity contribution in [1.29, 1.82) is 0 Å². The van der Waals surface area contributed by atoms with Crippen molar-refractivity contribution in [2.75, 3.05) is 18.4 Å². The fourth-order valence-corrected chi connectivity index (χ4v) is 2.54. The van der Waals surface area contributed by atoms with Gasteiger partial charge in [0.2, 0.25) is 5.91 Å². The van der Waals surface area contributed by atoms with Gasteiger partial charge in [-0.05, 0) is 38.1 Å². The topological polar surface area (TPSA) is 54.0 Å². The smallest absolute Gasteiger partial charge is 0.227 e. The van der Waals surface area contributed by atoms with Crippen molar-refractivity contribution < 1.29 is 4.79 Å². The molecule has 0 saturated carbocycles. The minimum absolute atomic E-state index is 0.0310. The molecule has 1 aromatic carbocycles. The molecule has 1 atom stereocenters. The molecule has 1 aliphatic rings. The SMILES string of the molecule is Cc1cc(NC(=O)C(C)C2CNC2)c2ccccc2n1. The van der Waals surface area contributed by atoms with E-state index in [1.807, 2.05) is 44.2 Å². The Morgan fingerprint density at radius 3 is 2.85 bits per heavy atom. The lowest BCUT2D eigenvalue weighted by molar-refractivity contribution is -0.121. The highest BCUT2D eigenvalue weighted by Crippen LogP contribution is 2.25. The standard InChI is InChI=1S/C16H19N3O/c1-10-7-15(13-5-3-4-6-14(13)18-10)19-16(20)11(2)12-8-17-9-12/h3-7,11-12,17H,8-9H2,1-2H3,(H,18,19,20). The minimum atomic E-state index is 0.0310. The van der Waals surface area contributed by atoms with E-state index in [0.717, 1.165) is 35.4 Å². The van der Waals surface area contributed by atoms with E-state index in [4.69, 9.17) is 0 Å². The third kappa shape index (κ3) is 2.39. The molecule has 4 nitrogen and oxygen atoms in total. The van der Waals surface area contributed by atoms with Crippen molar-refractivity contribution in [3.05, 3.63) is 36.0 Å². The van der Waals surface area contributed by atoms with E-state index in [2.05, 4.69) is 15.6 Å². The normalized spacial score (nSPS) is 16.7. The highest BCUT2D eigenvalue weighted by molar-refractivity contribution is 6.01. The summed E-state index contributed by atoms with van der Waals surface area (Å²) in [6.07, 6.45) is 0. The van der Waals surface area contributed by atoms with Gasteiger partial charge in [-0.2, -0.15) is 0 Å². The first-order valence-corrected chi connectivity index (χ1v) is 7.03. The molecule has 1 aliphatic heterocycles. The minimum Gasteiger partial charge on any atom is -0.325 e. The van der Waals surface area contributed by atoms with Crippen LogP contribution in [0.15, 0.2) is 30.3 Å². The first-order valence-electron chi connectivity index (χ1n) is 7.03. The molecular weight excluding hydrogens is 250 g/mol. The summed E-state index contributed by atoms with van der Waals surface area (Å²) in [4.78, 5) is 16.8. The van der Waals surface area contributed by atoms with E-state index in [1.54, 1.807) is 0 Å². The molecule has 1 saturated heterocycles. The maximum atomic E-state index is 12.3. The van der Waals surface area contributed by atoms with Gasteiger partial charge in [-0.15, -0.1) is 0 Å². The van der Waals surface area contributed by atoms with E-state index in [0.29, 0.717) is 5.92 Å². The number of para-hydroxylation sites is 1. The van der Waals surface area contributed by atoms with Crippen molar-refractivity contribution in [2.45, 2.75) is 13.8 Å². The number of hydrogen-bond donors (Lipinski definition) is 2. The molecule has 3 rings (SSSR count). The highest BCUT2D eigenvalue weighted by Gasteiger charge is 2.28. The van der Waals surface area contributed by atoms with Crippen LogP contribution >= 0.6 is 0 Å². The molecule has 4 heteroatoms. The van der Waals surface area contributed by atoms with Crippen LogP contribution in [0.1, 0.15) is 12.6 Å². The fraction of sp³-hybridized carbons (Fsp3) is 0.375. The van der Waals surface area contributed by atoms with E-state index >= 15 is 0 Å². The Hall–Kier alpha value is -1.94. The lowest BCUT2D eigenvalue weighted by Gasteiger charge is -2.31. The number of fused-ring (bicyclic) bond motifs is 1. The average Bonchev–Trinajstić information content (AvgIpc) is 2.36. The summed E-state index contributed by atoms with van der Waals surface area (Å²) in [6, 6.07) is 9.83. The van der Waals surface area contributed by atoms with Gasteiger partial charge in [-0.1, -0.05) is 25.1 Å². The largest absolute Gasteiger partial charge is 0.325 e. The van der Waals surface area contributed by atoms with Crippen LogP contribution in [-0.4, -0.2) is 24.0 Å². The van der Waals surface area contributed by atoms with Crippen LogP contribution in [0, 0.1) is 18.8 Å². The molecule has 1 aromatic heterocycles. The van der Waals surface area contributed by atoms with Crippen LogP contribution in [0.2, 0.25) is 0 Å². The molecular formula is C16H19N3O. The predicted octanol–water partition coefficient (Wildman–Crippen LogP) is 2.34. The molecule has 104 valence electrons. The van der Waals surface area contributed by atoms with Gasteiger partial charge in [0.05, 0.1) is 11.2 Å². The van der Waals surface area contributed by atoms with E-state index in [1.165, 1.54) is 0 Å². The number of carbonyl (C=O) groups excluding carboxylic acids is 1. The number of nitrogens with zero attached hydrogens (tertiary/aromatic N) is 1. The van der Waals surface area contributed by atoms with E-state index in [9.17, 15) is 4.79 Å². The van der Waals surface area contributed by atoms with Crippen LogP contribution in [0.3, 0.4) is 0 Å². The highest BCUT2D eigenvalue weighted by atomic mass is 16.1. The van der Waals surface area contributed by atoms with Gasteiger partial charge in [0.25, 0.3) is 0 Å². The van der Waals surface area contributed by atoms with Crippen LogP contribution in [0.25, 0.3) is 10.9 Å². The number of amides is 1. The van der Waals surface area contributed by atoms with Gasteiger partial charge < -0.3 is 10.6 Å². The van der Waals surface area contributed by atoms with Crippen molar-refractivity contribution in [2.24, 2.45) is 11.8 Å². The Labute approximate surface area is 118 Å². The van der Waals surface area contributed by atoms with Crippen LogP contribution in [-0.2, 0) is 4.79 Å². The number of anilines is 1. The zero-order chi connectivity index (χ0) is 14.1. The third-order valence-corrected chi connectivity index (χ3v) is 4.04. The zero-order valence-electron chi connectivity index (χ0n) is 11.8. The molecule has 1 amide bonds. The molecule has 20 heavy (non-hydrogen) atoms. The van der Waals surface area contributed by atoms with Gasteiger partial charge in [0.1, 0.15) is 0 Å². The van der Waals surface area contributed by atoms with Crippen LogP contribution in [0.5, 0.6) is 0 Å². The second kappa shape index (κ2) is 5.21. The molecule has 2 aromatic rings. The molecule has 0 aliphatic carbocycles. The monoisotopic (exact) mass is 269 g/mol. The molecule has 0 spiro atoms. The Morgan fingerprint density at radius 1 is 1.40 bits per heavy atom. The Balaban J connectivity index is 1.88. The van der Waals surface area contributed by atoms with Crippen molar-refractivity contribution in [3.8, 4) is 0 Å². The summed E-state index contributed by atoms with van der Waals surface area (Å²) in [6.45, 7) is 5.81. The predicted molar refractivity (Wildman–Crippen MR) is 80.6 cm³/mol. The molecule has 2 N–H and O–H groups in total. The molecule has 1 unspecified atom stereocenters. The number of pyridine rings is 1. The summed E-state index contributed by atoms with van der Waals surface area (Å²) in [5.41, 5.74) is 2.69. The van der Waals surface area contributed by atoms with Gasteiger partial charge in [0, 0.05) is 17.0 Å². The lowest BCUT2D eigenvalue weighted by atomic mass is 9.88. The number of rotatable bonds is 3. The Kier molecular flexibility index (Phi) is 3.40. The maximum Gasteiger partial charge on any atom is 0.227 e. The van der Waals surface area contributed by atoms with Crippen molar-refractivity contribution in [1.82, 2.24) is 10.3 Å². The number of aryl methyl sites for hydroxylation is 1. The van der Waals surface area contributed by atoms with Crippen LogP contribution < -0.4 is 10.6 Å². The molecule has 1 fully saturated rings. The second-order valence-corrected chi connectivity index (χ2v) is 5.52. The third-order valence-electron chi connectivity index (χ3n) is 4.04. The number of hydrogen-bond acceptors (Lipinski definition) is 3. The van der Waals surface area contributed by atoms with Crippen LogP contribution in [0.4, 0.5) is 5.69 Å². The lowest BCUT2D eigenvalue weighted by Crippen LogP contribution is -2.48. The molecule has 2 heterocycles. The fourth-order valence-electron chi connectivity index (χ4n) is 2.54. The van der Waals surface area contributed by atoms with Crippen molar-refractivity contribution >= 4 is 22.5 Å². The Morgan fingerprint density at radius 2 is 2.15 bits per heavy atom. The summed E-state index contributed by atoms with van der Waals surface area (Å²) >= 11 is 0. The first-order chi connectivity index (χ1) is 9.65. The average molecular weight is 269 g/mol. The number of aromatic nitrogens is 1. The summed E-state index contributed by atoms with van der Waals surface area (Å²) < 4.78 is 0. The summed E-state index contributed by atoms with van der Waals surface area (Å²) in [5.74, 6) is 0.569. The van der Waals surface area contributed by atoms with Gasteiger partial charge in [0.15, 0.2) is 0 Å². The number of benzene rings is 1. The number of carbonyl (C=O) groups is 1. The number of nitrogens with one attached hydrogen (secondary N) is 2. The Bertz CT molecular complexity index is 649. The quantitative estimate of drug-likeness (QED) is 0.899. The van der Waals surface area contributed by atoms with Gasteiger partial charge in [-0.25, -0.2) is 0 Å². The first kappa shape index (κ1) is 13.1. The zero-order valence-corrected chi connectivity index (χ0v) is 11.8. The summed E-state index contributed by atoms with van der Waals surface area (Å²) in [5, 5.41) is 7.27. The second-order valence-electron chi connectivity index (χ2n) is 5.52. The van der Waals surface area contributed by atoms with E-state index in [-0.39, 0.29) is 11.8 Å². The maximum absolute atomic E-state index is 12.3. The van der Waals surface area contributed by atoms with E-state index < -0.39 is 0 Å². The molecule has 0 radical (unpaired) electrons. The van der Waals surface area contributed by atoms with Gasteiger partial charge in [-0.3, -0.25) is 9.78 Å².